The van der Waals surface area contributed by atoms with E-state index in [2.05, 4.69) is 74.0 Å². The summed E-state index contributed by atoms with van der Waals surface area (Å²) in [5.41, 5.74) is 1.36. The number of nitrogens with one attached hydrogen (secondary N) is 1. The summed E-state index contributed by atoms with van der Waals surface area (Å²) in [4.78, 5) is 4.82. The second-order valence-corrected chi connectivity index (χ2v) is 6.61. The number of hydrogen-bond donors (Lipinski definition) is 1. The molecule has 25 heavy (non-hydrogen) atoms. The Bertz CT molecular complexity index is 427. The van der Waals surface area contributed by atoms with Crippen LogP contribution in [0.25, 0.3) is 0 Å². The fraction of sp³-hybridized carbons (Fsp3) is 0.714. The van der Waals surface area contributed by atoms with Crippen molar-refractivity contribution in [3.8, 4) is 5.75 Å². The first-order valence-electron chi connectivity index (χ1n) is 10.0. The van der Waals surface area contributed by atoms with Crippen molar-refractivity contribution in [2.75, 3.05) is 52.4 Å². The van der Waals surface area contributed by atoms with Gasteiger partial charge in [-0.1, -0.05) is 39.8 Å². The Hall–Kier alpha value is -1.10. The van der Waals surface area contributed by atoms with Gasteiger partial charge < -0.3 is 19.9 Å². The minimum Gasteiger partial charge on any atom is -0.492 e. The van der Waals surface area contributed by atoms with Crippen LogP contribution in [0.15, 0.2) is 24.3 Å². The molecule has 0 aromatic heterocycles. The van der Waals surface area contributed by atoms with Crippen molar-refractivity contribution < 1.29 is 4.74 Å². The van der Waals surface area contributed by atoms with Gasteiger partial charge in [-0.05, 0) is 57.2 Å². The second kappa shape index (κ2) is 13.2. The van der Waals surface area contributed by atoms with Gasteiger partial charge in [0.1, 0.15) is 12.4 Å². The van der Waals surface area contributed by atoms with Gasteiger partial charge in [0.05, 0.1) is 0 Å². The maximum atomic E-state index is 5.85. The molecule has 0 spiro atoms. The molecule has 4 nitrogen and oxygen atoms in total. The van der Waals surface area contributed by atoms with Crippen LogP contribution in [-0.4, -0.2) is 68.3 Å². The van der Waals surface area contributed by atoms with Gasteiger partial charge in [0.25, 0.3) is 0 Å². The zero-order chi connectivity index (χ0) is 18.5. The normalized spacial score (nSPS) is 12.8. The Morgan fingerprint density at radius 2 is 1.44 bits per heavy atom. The Labute approximate surface area is 155 Å². The van der Waals surface area contributed by atoms with Crippen molar-refractivity contribution in [2.45, 2.75) is 47.1 Å². The highest BCUT2D eigenvalue weighted by atomic mass is 16.5. The van der Waals surface area contributed by atoms with E-state index in [1.807, 2.05) is 0 Å². The highest BCUT2D eigenvalue weighted by Crippen LogP contribution is 2.13. The standard InChI is InChI=1S/C21H39N3O/c1-6-23(7-2)15-14-22-19(5)18-20-10-12-21(13-11-20)25-17-16-24(8-3)9-4/h10-13,19,22H,6-9,14-18H2,1-5H3. The minimum absolute atomic E-state index is 0.491. The van der Waals surface area contributed by atoms with Crippen LogP contribution in [0.5, 0.6) is 5.75 Å². The highest BCUT2D eigenvalue weighted by Gasteiger charge is 2.05. The minimum atomic E-state index is 0.491. The van der Waals surface area contributed by atoms with Crippen molar-refractivity contribution in [2.24, 2.45) is 0 Å². The lowest BCUT2D eigenvalue weighted by molar-refractivity contribution is 0.223. The van der Waals surface area contributed by atoms with Gasteiger partial charge in [-0.2, -0.15) is 0 Å². The predicted molar refractivity (Wildman–Crippen MR) is 109 cm³/mol. The van der Waals surface area contributed by atoms with Gasteiger partial charge >= 0.3 is 0 Å². The smallest absolute Gasteiger partial charge is 0.119 e. The van der Waals surface area contributed by atoms with Crippen LogP contribution in [0.1, 0.15) is 40.2 Å². The molecule has 0 amide bonds. The molecule has 1 N–H and O–H groups in total. The molecule has 0 saturated carbocycles. The molecular weight excluding hydrogens is 310 g/mol. The summed E-state index contributed by atoms with van der Waals surface area (Å²) in [6, 6.07) is 9.07. The SMILES string of the molecule is CCN(CC)CCNC(C)Cc1ccc(OCCN(CC)CC)cc1. The predicted octanol–water partition coefficient (Wildman–Crippen LogP) is 3.27. The lowest BCUT2D eigenvalue weighted by Gasteiger charge is -2.20. The molecule has 0 fully saturated rings. The van der Waals surface area contributed by atoms with Crippen LogP contribution in [0.3, 0.4) is 0 Å². The van der Waals surface area contributed by atoms with Gasteiger partial charge in [-0.25, -0.2) is 0 Å². The molecule has 0 radical (unpaired) electrons. The molecule has 144 valence electrons. The number of likely N-dealkylation sites (N-methyl/N-ethyl adjacent to an activating group) is 2. The van der Waals surface area contributed by atoms with Crippen molar-refractivity contribution in [3.05, 3.63) is 29.8 Å². The van der Waals surface area contributed by atoms with E-state index in [1.165, 1.54) is 5.56 Å². The number of rotatable bonds is 14. The summed E-state index contributed by atoms with van der Waals surface area (Å²) in [5, 5.41) is 3.63. The van der Waals surface area contributed by atoms with Crippen molar-refractivity contribution in [1.29, 1.82) is 0 Å². The van der Waals surface area contributed by atoms with Crippen LogP contribution in [0.2, 0.25) is 0 Å². The molecule has 0 bridgehead atoms. The van der Waals surface area contributed by atoms with Crippen molar-refractivity contribution >= 4 is 0 Å². The van der Waals surface area contributed by atoms with Gasteiger partial charge in [0.2, 0.25) is 0 Å². The monoisotopic (exact) mass is 349 g/mol. The molecule has 0 saturated heterocycles. The zero-order valence-corrected chi connectivity index (χ0v) is 17.1. The molecule has 0 aliphatic rings. The first-order chi connectivity index (χ1) is 12.1. The molecule has 0 aliphatic carbocycles. The van der Waals surface area contributed by atoms with Crippen molar-refractivity contribution in [3.63, 3.8) is 0 Å². The number of hydrogen-bond acceptors (Lipinski definition) is 4. The Morgan fingerprint density at radius 3 is 2.00 bits per heavy atom. The number of nitrogens with zero attached hydrogens (tertiary/aromatic N) is 2. The molecule has 4 heteroatoms. The molecule has 0 aliphatic heterocycles. The van der Waals surface area contributed by atoms with Gasteiger partial charge in [0.15, 0.2) is 0 Å². The quantitative estimate of drug-likeness (QED) is 0.558. The molecule has 1 unspecified atom stereocenters. The maximum absolute atomic E-state index is 5.85. The molecular formula is C21H39N3O. The fourth-order valence-corrected chi connectivity index (χ4v) is 2.99. The second-order valence-electron chi connectivity index (χ2n) is 6.61. The molecule has 1 aromatic carbocycles. The van der Waals surface area contributed by atoms with E-state index < -0.39 is 0 Å². The summed E-state index contributed by atoms with van der Waals surface area (Å²) in [6.45, 7) is 19.4. The topological polar surface area (TPSA) is 27.7 Å². The Kier molecular flexibility index (Phi) is 11.5. The summed E-state index contributed by atoms with van der Waals surface area (Å²) >= 11 is 0. The fourth-order valence-electron chi connectivity index (χ4n) is 2.99. The maximum Gasteiger partial charge on any atom is 0.119 e. The Morgan fingerprint density at radius 1 is 0.880 bits per heavy atom. The van der Waals surface area contributed by atoms with E-state index in [-0.39, 0.29) is 0 Å². The van der Waals surface area contributed by atoms with E-state index in [9.17, 15) is 0 Å². The van der Waals surface area contributed by atoms with Gasteiger partial charge in [0, 0.05) is 25.7 Å². The highest BCUT2D eigenvalue weighted by molar-refractivity contribution is 5.27. The third kappa shape index (κ3) is 9.24. The van der Waals surface area contributed by atoms with E-state index in [0.717, 1.165) is 64.6 Å². The lowest BCUT2D eigenvalue weighted by atomic mass is 10.1. The first kappa shape index (κ1) is 21.9. The summed E-state index contributed by atoms with van der Waals surface area (Å²) in [6.07, 6.45) is 1.05. The Balaban J connectivity index is 2.28. The first-order valence-corrected chi connectivity index (χ1v) is 10.0. The third-order valence-electron chi connectivity index (χ3n) is 4.85. The van der Waals surface area contributed by atoms with E-state index in [1.54, 1.807) is 0 Å². The van der Waals surface area contributed by atoms with Crippen LogP contribution < -0.4 is 10.1 Å². The summed E-state index contributed by atoms with van der Waals surface area (Å²) in [7, 11) is 0. The number of benzene rings is 1. The van der Waals surface area contributed by atoms with E-state index >= 15 is 0 Å². The van der Waals surface area contributed by atoms with Crippen LogP contribution in [0, 0.1) is 0 Å². The van der Waals surface area contributed by atoms with Crippen molar-refractivity contribution in [1.82, 2.24) is 15.1 Å². The van der Waals surface area contributed by atoms with Crippen LogP contribution in [-0.2, 0) is 6.42 Å². The molecule has 1 atom stereocenters. The average molecular weight is 350 g/mol. The molecule has 1 aromatic rings. The average Bonchev–Trinajstić information content (AvgIpc) is 2.64. The van der Waals surface area contributed by atoms with Crippen LogP contribution >= 0.6 is 0 Å². The van der Waals surface area contributed by atoms with Gasteiger partial charge in [-0.3, -0.25) is 0 Å². The third-order valence-corrected chi connectivity index (χ3v) is 4.85. The molecule has 1 rings (SSSR count). The lowest BCUT2D eigenvalue weighted by Crippen LogP contribution is -2.36. The van der Waals surface area contributed by atoms with Gasteiger partial charge in [-0.15, -0.1) is 0 Å². The van der Waals surface area contributed by atoms with E-state index in [0.29, 0.717) is 6.04 Å². The molecule has 0 heterocycles. The number of ether oxygens (including phenoxy) is 1. The summed E-state index contributed by atoms with van der Waals surface area (Å²) in [5.74, 6) is 0.970. The summed E-state index contributed by atoms with van der Waals surface area (Å²) < 4.78 is 5.85. The zero-order valence-electron chi connectivity index (χ0n) is 17.1. The largest absolute Gasteiger partial charge is 0.492 e. The van der Waals surface area contributed by atoms with E-state index in [4.69, 9.17) is 4.74 Å². The van der Waals surface area contributed by atoms with Crippen LogP contribution in [0.4, 0.5) is 0 Å².